The Morgan fingerprint density at radius 1 is 1.48 bits per heavy atom. The Labute approximate surface area is 131 Å². The van der Waals surface area contributed by atoms with E-state index in [9.17, 15) is 4.79 Å². The fourth-order valence-electron chi connectivity index (χ4n) is 2.12. The number of fused-ring (bicyclic) bond motifs is 1. The number of rotatable bonds is 3. The summed E-state index contributed by atoms with van der Waals surface area (Å²) >= 11 is 7.87. The predicted molar refractivity (Wildman–Crippen MR) is 86.8 cm³/mol. The minimum atomic E-state index is 0.0186. The average Bonchev–Trinajstić information content (AvgIpc) is 3.08. The number of hydrogen-bond donors (Lipinski definition) is 0. The summed E-state index contributed by atoms with van der Waals surface area (Å²) in [7, 11) is 3.48. The molecule has 0 saturated heterocycles. The summed E-state index contributed by atoms with van der Waals surface area (Å²) in [6.07, 6.45) is 3.58. The summed E-state index contributed by atoms with van der Waals surface area (Å²) in [5.41, 5.74) is 2.63. The standard InChI is InChI=1S/C15H14ClN3OS/c1-18(2)14(20)9-19-8-11(16)15-12(19)6-10(7-17-15)13-4-3-5-21-13/h3-8H,9H2,1-2H3. The van der Waals surface area contributed by atoms with E-state index in [1.807, 2.05) is 34.3 Å². The van der Waals surface area contributed by atoms with E-state index < -0.39 is 0 Å². The van der Waals surface area contributed by atoms with E-state index in [1.54, 1.807) is 36.5 Å². The number of hydrogen-bond acceptors (Lipinski definition) is 3. The monoisotopic (exact) mass is 319 g/mol. The number of nitrogens with zero attached hydrogens (tertiary/aromatic N) is 3. The Morgan fingerprint density at radius 3 is 2.95 bits per heavy atom. The second kappa shape index (κ2) is 5.50. The van der Waals surface area contributed by atoms with Gasteiger partial charge in [-0.1, -0.05) is 17.7 Å². The van der Waals surface area contributed by atoms with Gasteiger partial charge in [0.25, 0.3) is 0 Å². The van der Waals surface area contributed by atoms with E-state index in [0.29, 0.717) is 5.02 Å². The van der Waals surface area contributed by atoms with Gasteiger partial charge < -0.3 is 9.47 Å². The van der Waals surface area contributed by atoms with Crippen molar-refractivity contribution in [3.63, 3.8) is 0 Å². The van der Waals surface area contributed by atoms with Gasteiger partial charge in [-0.3, -0.25) is 9.78 Å². The highest BCUT2D eigenvalue weighted by atomic mass is 35.5. The number of halogens is 1. The van der Waals surface area contributed by atoms with Gasteiger partial charge in [0.15, 0.2) is 0 Å². The lowest BCUT2D eigenvalue weighted by Gasteiger charge is -2.11. The number of amides is 1. The second-order valence-electron chi connectivity index (χ2n) is 4.96. The van der Waals surface area contributed by atoms with Crippen LogP contribution in [-0.4, -0.2) is 34.5 Å². The van der Waals surface area contributed by atoms with Crippen LogP contribution < -0.4 is 0 Å². The predicted octanol–water partition coefficient (Wildman–Crippen LogP) is 3.51. The van der Waals surface area contributed by atoms with Crippen molar-refractivity contribution in [3.05, 3.63) is 41.0 Å². The molecule has 3 aromatic rings. The molecule has 0 saturated carbocycles. The Hall–Kier alpha value is -1.85. The zero-order valence-electron chi connectivity index (χ0n) is 11.7. The third kappa shape index (κ3) is 2.66. The van der Waals surface area contributed by atoms with Crippen LogP contribution in [0.25, 0.3) is 21.5 Å². The maximum Gasteiger partial charge on any atom is 0.241 e. The first-order valence-electron chi connectivity index (χ1n) is 6.44. The van der Waals surface area contributed by atoms with Crippen molar-refractivity contribution in [2.75, 3.05) is 14.1 Å². The quantitative estimate of drug-likeness (QED) is 0.741. The zero-order valence-corrected chi connectivity index (χ0v) is 13.3. The largest absolute Gasteiger partial charge is 0.347 e. The fraction of sp³-hybridized carbons (Fsp3) is 0.200. The molecule has 3 aromatic heterocycles. The minimum absolute atomic E-state index is 0.0186. The molecule has 0 N–H and O–H groups in total. The molecular weight excluding hydrogens is 306 g/mol. The first-order valence-corrected chi connectivity index (χ1v) is 7.70. The second-order valence-corrected chi connectivity index (χ2v) is 6.32. The van der Waals surface area contributed by atoms with Crippen molar-refractivity contribution in [1.82, 2.24) is 14.5 Å². The normalized spacial score (nSPS) is 11.0. The highest BCUT2D eigenvalue weighted by molar-refractivity contribution is 7.13. The average molecular weight is 320 g/mol. The molecule has 0 spiro atoms. The lowest BCUT2D eigenvalue weighted by molar-refractivity contribution is -0.129. The SMILES string of the molecule is CN(C)C(=O)Cn1cc(Cl)c2ncc(-c3cccs3)cc21. The first kappa shape index (κ1) is 14.1. The molecule has 0 aliphatic heterocycles. The van der Waals surface area contributed by atoms with Gasteiger partial charge in [-0.05, 0) is 17.5 Å². The van der Waals surface area contributed by atoms with Crippen molar-refractivity contribution in [1.29, 1.82) is 0 Å². The number of pyridine rings is 1. The molecule has 108 valence electrons. The Bertz CT molecular complexity index is 793. The van der Waals surface area contributed by atoms with Gasteiger partial charge in [0.05, 0.1) is 10.5 Å². The van der Waals surface area contributed by atoms with Crippen molar-refractivity contribution in [3.8, 4) is 10.4 Å². The molecule has 1 amide bonds. The van der Waals surface area contributed by atoms with E-state index in [-0.39, 0.29) is 12.5 Å². The number of carbonyl (C=O) groups excluding carboxylic acids is 1. The van der Waals surface area contributed by atoms with Gasteiger partial charge in [0.1, 0.15) is 12.1 Å². The molecule has 6 heteroatoms. The summed E-state index contributed by atoms with van der Waals surface area (Å²) in [5.74, 6) is 0.0186. The summed E-state index contributed by atoms with van der Waals surface area (Å²) < 4.78 is 1.85. The molecule has 21 heavy (non-hydrogen) atoms. The lowest BCUT2D eigenvalue weighted by Crippen LogP contribution is -2.25. The van der Waals surface area contributed by atoms with Crippen LogP contribution in [0.1, 0.15) is 0 Å². The lowest BCUT2D eigenvalue weighted by atomic mass is 10.2. The van der Waals surface area contributed by atoms with E-state index in [1.165, 1.54) is 0 Å². The number of carbonyl (C=O) groups is 1. The molecule has 0 aliphatic rings. The summed E-state index contributed by atoms with van der Waals surface area (Å²) in [6.45, 7) is 0.256. The molecular formula is C15H14ClN3OS. The summed E-state index contributed by atoms with van der Waals surface area (Å²) in [4.78, 5) is 19.1. The zero-order chi connectivity index (χ0) is 15.0. The minimum Gasteiger partial charge on any atom is -0.347 e. The highest BCUT2D eigenvalue weighted by Crippen LogP contribution is 2.30. The number of aromatic nitrogens is 2. The van der Waals surface area contributed by atoms with Crippen LogP contribution in [0.3, 0.4) is 0 Å². The van der Waals surface area contributed by atoms with Crippen LogP contribution in [0.15, 0.2) is 36.0 Å². The van der Waals surface area contributed by atoms with Crippen LogP contribution in [0.4, 0.5) is 0 Å². The van der Waals surface area contributed by atoms with Crippen molar-refractivity contribution in [2.24, 2.45) is 0 Å². The molecule has 0 fully saturated rings. The van der Waals surface area contributed by atoms with E-state index in [0.717, 1.165) is 21.5 Å². The van der Waals surface area contributed by atoms with Gasteiger partial charge in [0.2, 0.25) is 5.91 Å². The fourth-order valence-corrected chi connectivity index (χ4v) is 3.09. The maximum atomic E-state index is 11.9. The number of likely N-dealkylation sites (N-methyl/N-ethyl adjacent to an activating group) is 1. The van der Waals surface area contributed by atoms with Gasteiger partial charge in [-0.2, -0.15) is 0 Å². The molecule has 0 aromatic carbocycles. The maximum absolute atomic E-state index is 11.9. The molecule has 4 nitrogen and oxygen atoms in total. The molecule has 0 bridgehead atoms. The van der Waals surface area contributed by atoms with Crippen molar-refractivity contribution < 1.29 is 4.79 Å². The van der Waals surface area contributed by atoms with Crippen LogP contribution in [0.5, 0.6) is 0 Å². The Balaban J connectivity index is 2.08. The van der Waals surface area contributed by atoms with Crippen molar-refractivity contribution >= 4 is 39.9 Å². The summed E-state index contributed by atoms with van der Waals surface area (Å²) in [5, 5.41) is 2.59. The molecule has 3 rings (SSSR count). The molecule has 0 unspecified atom stereocenters. The van der Waals surface area contributed by atoms with Gasteiger partial charge >= 0.3 is 0 Å². The number of thiophene rings is 1. The first-order chi connectivity index (χ1) is 10.1. The van der Waals surface area contributed by atoms with Crippen molar-refractivity contribution in [2.45, 2.75) is 6.54 Å². The van der Waals surface area contributed by atoms with E-state index >= 15 is 0 Å². The Morgan fingerprint density at radius 2 is 2.29 bits per heavy atom. The smallest absolute Gasteiger partial charge is 0.241 e. The van der Waals surface area contributed by atoms with E-state index in [2.05, 4.69) is 4.98 Å². The Kier molecular flexibility index (Phi) is 3.69. The molecule has 0 atom stereocenters. The van der Waals surface area contributed by atoms with E-state index in [4.69, 9.17) is 11.6 Å². The molecule has 0 radical (unpaired) electrons. The van der Waals surface area contributed by atoms with Gasteiger partial charge in [-0.25, -0.2) is 0 Å². The van der Waals surface area contributed by atoms with Crippen LogP contribution in [-0.2, 0) is 11.3 Å². The topological polar surface area (TPSA) is 38.1 Å². The third-order valence-electron chi connectivity index (χ3n) is 3.28. The molecule has 3 heterocycles. The van der Waals surface area contributed by atoms with Gasteiger partial charge in [-0.15, -0.1) is 11.3 Å². The van der Waals surface area contributed by atoms with Crippen LogP contribution in [0.2, 0.25) is 5.02 Å². The molecule has 0 aliphatic carbocycles. The van der Waals surface area contributed by atoms with Crippen LogP contribution >= 0.6 is 22.9 Å². The van der Waals surface area contributed by atoms with Gasteiger partial charge in [0, 0.05) is 36.9 Å². The van der Waals surface area contributed by atoms with Crippen LogP contribution in [0, 0.1) is 0 Å². The summed E-state index contributed by atoms with van der Waals surface area (Å²) in [6, 6.07) is 6.09. The highest BCUT2D eigenvalue weighted by Gasteiger charge is 2.13. The third-order valence-corrected chi connectivity index (χ3v) is 4.48.